The lowest BCUT2D eigenvalue weighted by atomic mass is 10.3. The number of sulfonamides is 1. The summed E-state index contributed by atoms with van der Waals surface area (Å²) in [4.78, 5) is 0.101. The molecule has 2 unspecified atom stereocenters. The van der Waals surface area contributed by atoms with E-state index in [0.29, 0.717) is 22.4 Å². The van der Waals surface area contributed by atoms with Crippen molar-refractivity contribution in [3.8, 4) is 11.5 Å². The minimum atomic E-state index is -3.63. The Kier molecular flexibility index (Phi) is 4.05. The Balaban J connectivity index is 2.38. The third-order valence-electron chi connectivity index (χ3n) is 2.87. The van der Waals surface area contributed by atoms with E-state index in [1.807, 2.05) is 0 Å². The molecule has 1 aliphatic carbocycles. The molecule has 2 rings (SSSR count). The standard InChI is InChI=1S/C11H15BrN2O4S/c1-17-9-3-6(12)11(5-10(9)18-2)19(15,16)14-8-4-7(8)13/h3,5,7-8,14H,4,13H2,1-2H3. The molecule has 0 amide bonds. The number of halogens is 1. The third kappa shape index (κ3) is 3.02. The first-order valence-electron chi connectivity index (χ1n) is 5.58. The number of hydrogen-bond donors (Lipinski definition) is 2. The lowest BCUT2D eigenvalue weighted by Crippen LogP contribution is -2.30. The van der Waals surface area contributed by atoms with Crippen molar-refractivity contribution in [2.75, 3.05) is 14.2 Å². The van der Waals surface area contributed by atoms with Crippen LogP contribution in [0.5, 0.6) is 11.5 Å². The number of hydrogen-bond acceptors (Lipinski definition) is 5. The van der Waals surface area contributed by atoms with Crippen molar-refractivity contribution in [3.63, 3.8) is 0 Å². The first-order valence-corrected chi connectivity index (χ1v) is 7.86. The van der Waals surface area contributed by atoms with E-state index in [-0.39, 0.29) is 17.0 Å². The summed E-state index contributed by atoms with van der Waals surface area (Å²) >= 11 is 3.23. The highest BCUT2D eigenvalue weighted by molar-refractivity contribution is 9.10. The summed E-state index contributed by atoms with van der Waals surface area (Å²) in [5.41, 5.74) is 5.61. The molecule has 1 aromatic rings. The minimum Gasteiger partial charge on any atom is -0.493 e. The fraction of sp³-hybridized carbons (Fsp3) is 0.455. The Morgan fingerprint density at radius 1 is 1.32 bits per heavy atom. The number of nitrogens with two attached hydrogens (primary N) is 1. The molecular formula is C11H15BrN2O4S. The third-order valence-corrected chi connectivity index (χ3v) is 5.32. The highest BCUT2D eigenvalue weighted by atomic mass is 79.9. The lowest BCUT2D eigenvalue weighted by Gasteiger charge is -2.12. The molecule has 8 heteroatoms. The van der Waals surface area contributed by atoms with Gasteiger partial charge in [-0.3, -0.25) is 0 Å². The maximum absolute atomic E-state index is 12.2. The van der Waals surface area contributed by atoms with Gasteiger partial charge in [0.2, 0.25) is 10.0 Å². The second-order valence-electron chi connectivity index (χ2n) is 4.26. The van der Waals surface area contributed by atoms with Crippen molar-refractivity contribution in [3.05, 3.63) is 16.6 Å². The van der Waals surface area contributed by atoms with Gasteiger partial charge < -0.3 is 15.2 Å². The molecule has 0 aliphatic heterocycles. The normalized spacial score (nSPS) is 22.1. The molecule has 0 heterocycles. The van der Waals surface area contributed by atoms with E-state index in [9.17, 15) is 8.42 Å². The molecule has 106 valence electrons. The summed E-state index contributed by atoms with van der Waals surface area (Å²) in [5.74, 6) is 0.808. The Hall–Kier alpha value is -0.830. The molecule has 6 nitrogen and oxygen atoms in total. The molecule has 0 spiro atoms. The van der Waals surface area contributed by atoms with Gasteiger partial charge in [0.25, 0.3) is 0 Å². The van der Waals surface area contributed by atoms with Gasteiger partial charge in [0, 0.05) is 22.6 Å². The number of methoxy groups -OCH3 is 2. The van der Waals surface area contributed by atoms with E-state index >= 15 is 0 Å². The first-order chi connectivity index (χ1) is 8.89. The maximum Gasteiger partial charge on any atom is 0.242 e. The van der Waals surface area contributed by atoms with Crippen LogP contribution >= 0.6 is 15.9 Å². The van der Waals surface area contributed by atoms with Gasteiger partial charge >= 0.3 is 0 Å². The highest BCUT2D eigenvalue weighted by Gasteiger charge is 2.38. The van der Waals surface area contributed by atoms with E-state index < -0.39 is 10.0 Å². The van der Waals surface area contributed by atoms with Crippen molar-refractivity contribution < 1.29 is 17.9 Å². The molecule has 0 saturated heterocycles. The van der Waals surface area contributed by atoms with Crippen LogP contribution in [0.25, 0.3) is 0 Å². The first kappa shape index (κ1) is 14.6. The van der Waals surface area contributed by atoms with Gasteiger partial charge in [0.05, 0.1) is 14.2 Å². The van der Waals surface area contributed by atoms with Crippen LogP contribution in [0.3, 0.4) is 0 Å². The number of ether oxygens (including phenoxy) is 2. The summed E-state index contributed by atoms with van der Waals surface area (Å²) in [6.07, 6.45) is 0.657. The van der Waals surface area contributed by atoms with E-state index in [1.165, 1.54) is 20.3 Å². The van der Waals surface area contributed by atoms with E-state index in [0.717, 1.165) is 0 Å². The largest absolute Gasteiger partial charge is 0.493 e. The second-order valence-corrected chi connectivity index (χ2v) is 6.80. The number of benzene rings is 1. The van der Waals surface area contributed by atoms with Crippen LogP contribution in [0.1, 0.15) is 6.42 Å². The zero-order valence-corrected chi connectivity index (χ0v) is 12.9. The van der Waals surface area contributed by atoms with Crippen LogP contribution < -0.4 is 19.9 Å². The van der Waals surface area contributed by atoms with Crippen LogP contribution in [-0.2, 0) is 10.0 Å². The Labute approximate surface area is 120 Å². The topological polar surface area (TPSA) is 90.7 Å². The van der Waals surface area contributed by atoms with Crippen LogP contribution in [0, 0.1) is 0 Å². The van der Waals surface area contributed by atoms with Crippen LogP contribution in [0.2, 0.25) is 0 Å². The zero-order valence-electron chi connectivity index (χ0n) is 10.5. The van der Waals surface area contributed by atoms with Gasteiger partial charge in [0.1, 0.15) is 4.90 Å². The van der Waals surface area contributed by atoms with Crippen molar-refractivity contribution in [1.82, 2.24) is 4.72 Å². The maximum atomic E-state index is 12.2. The predicted molar refractivity (Wildman–Crippen MR) is 73.9 cm³/mol. The van der Waals surface area contributed by atoms with Crippen molar-refractivity contribution in [1.29, 1.82) is 0 Å². The van der Waals surface area contributed by atoms with E-state index in [2.05, 4.69) is 20.7 Å². The van der Waals surface area contributed by atoms with Gasteiger partial charge in [-0.05, 0) is 28.4 Å². The summed E-state index contributed by atoms with van der Waals surface area (Å²) < 4.78 is 37.6. The molecule has 2 atom stereocenters. The Morgan fingerprint density at radius 3 is 2.32 bits per heavy atom. The van der Waals surface area contributed by atoms with Crippen molar-refractivity contribution in [2.24, 2.45) is 5.73 Å². The van der Waals surface area contributed by atoms with Gasteiger partial charge in [-0.1, -0.05) is 0 Å². The van der Waals surface area contributed by atoms with Crippen molar-refractivity contribution >= 4 is 26.0 Å². The van der Waals surface area contributed by atoms with Crippen LogP contribution in [0.4, 0.5) is 0 Å². The van der Waals surface area contributed by atoms with Crippen LogP contribution in [0.15, 0.2) is 21.5 Å². The second kappa shape index (κ2) is 5.28. The summed E-state index contributed by atoms with van der Waals surface area (Å²) in [5, 5.41) is 0. The van der Waals surface area contributed by atoms with Crippen LogP contribution in [-0.4, -0.2) is 34.7 Å². The molecular weight excluding hydrogens is 336 g/mol. The molecule has 0 aromatic heterocycles. The summed E-state index contributed by atoms with van der Waals surface area (Å²) in [6.45, 7) is 0. The highest BCUT2D eigenvalue weighted by Crippen LogP contribution is 2.36. The molecule has 1 aromatic carbocycles. The Morgan fingerprint density at radius 2 is 1.84 bits per heavy atom. The molecule has 0 bridgehead atoms. The monoisotopic (exact) mass is 350 g/mol. The summed E-state index contributed by atoms with van der Waals surface area (Å²) in [7, 11) is -0.694. The van der Waals surface area contributed by atoms with Gasteiger partial charge in [0.15, 0.2) is 11.5 Å². The molecule has 1 fully saturated rings. The minimum absolute atomic E-state index is 0.101. The SMILES string of the molecule is COc1cc(Br)c(S(=O)(=O)NC2CC2N)cc1OC. The van der Waals surface area contributed by atoms with Gasteiger partial charge in [-0.2, -0.15) is 0 Å². The average molecular weight is 351 g/mol. The molecule has 1 saturated carbocycles. The van der Waals surface area contributed by atoms with Gasteiger partial charge in [-0.25, -0.2) is 13.1 Å². The van der Waals surface area contributed by atoms with E-state index in [4.69, 9.17) is 15.2 Å². The molecule has 19 heavy (non-hydrogen) atoms. The smallest absolute Gasteiger partial charge is 0.242 e. The Bertz CT molecular complexity index is 591. The zero-order chi connectivity index (χ0) is 14.2. The predicted octanol–water partition coefficient (Wildman–Crippen LogP) is 0.844. The fourth-order valence-corrected chi connectivity index (χ4v) is 3.99. The van der Waals surface area contributed by atoms with Crippen molar-refractivity contribution in [2.45, 2.75) is 23.4 Å². The number of rotatable bonds is 5. The molecule has 3 N–H and O–H groups in total. The van der Waals surface area contributed by atoms with Gasteiger partial charge in [-0.15, -0.1) is 0 Å². The average Bonchev–Trinajstić information content (AvgIpc) is 3.03. The van der Waals surface area contributed by atoms with E-state index in [1.54, 1.807) is 6.07 Å². The quantitative estimate of drug-likeness (QED) is 0.821. The molecule has 1 aliphatic rings. The fourth-order valence-electron chi connectivity index (χ4n) is 1.65. The summed E-state index contributed by atoms with van der Waals surface area (Å²) in [6, 6.07) is 2.68. The lowest BCUT2D eigenvalue weighted by molar-refractivity contribution is 0.353. The molecule has 0 radical (unpaired) electrons. The number of nitrogens with one attached hydrogen (secondary N) is 1.